The molecule has 0 aromatic heterocycles. The lowest BCUT2D eigenvalue weighted by atomic mass is 10.4. The number of hydrogen-bond donors (Lipinski definition) is 1. The number of nitrogens with one attached hydrogen (secondary N) is 1. The van der Waals surface area contributed by atoms with E-state index in [1.807, 2.05) is 5.32 Å². The molecule has 0 heterocycles. The Morgan fingerprint density at radius 2 is 2.17 bits per heavy atom. The fourth-order valence-electron chi connectivity index (χ4n) is 0.572. The number of carbonyl (C=O) groups is 1. The van der Waals surface area contributed by atoms with Gasteiger partial charge in [0.25, 0.3) is 0 Å². The molecule has 1 amide bonds. The van der Waals surface area contributed by atoms with E-state index in [0.717, 1.165) is 0 Å². The maximum Gasteiger partial charge on any atom is 0.224 e. The molecule has 1 N–H and O–H groups in total. The van der Waals surface area contributed by atoms with Crippen LogP contribution in [0.4, 0.5) is 4.39 Å². The van der Waals surface area contributed by atoms with E-state index in [1.165, 1.54) is 0 Å². The Morgan fingerprint density at radius 3 is 2.75 bits per heavy atom. The van der Waals surface area contributed by atoms with Gasteiger partial charge >= 0.3 is 0 Å². The van der Waals surface area contributed by atoms with E-state index < -0.39 is 6.80 Å². The summed E-state index contributed by atoms with van der Waals surface area (Å²) >= 11 is 0. The summed E-state index contributed by atoms with van der Waals surface area (Å²) in [5.41, 5.74) is 0. The van der Waals surface area contributed by atoms with E-state index >= 15 is 0 Å². The molecule has 0 aliphatic carbocycles. The van der Waals surface area contributed by atoms with E-state index in [2.05, 4.69) is 0 Å². The highest BCUT2D eigenvalue weighted by Gasteiger charge is 1.98. The van der Waals surface area contributed by atoms with Crippen molar-refractivity contribution in [3.8, 4) is 0 Å². The Kier molecular flexibility index (Phi) is 7.94. The van der Waals surface area contributed by atoms with Gasteiger partial charge in [-0.2, -0.15) is 0 Å². The van der Waals surface area contributed by atoms with Crippen LogP contribution in [0.1, 0.15) is 6.42 Å². The van der Waals surface area contributed by atoms with Gasteiger partial charge in [-0.25, -0.2) is 4.39 Å². The van der Waals surface area contributed by atoms with Gasteiger partial charge in [-0.05, 0) is 0 Å². The fourth-order valence-corrected chi connectivity index (χ4v) is 0.572. The quantitative estimate of drug-likeness (QED) is 0.445. The summed E-state index contributed by atoms with van der Waals surface area (Å²) in [5, 5.41) is 2.02. The Balaban J connectivity index is 3.03. The molecule has 0 bridgehead atoms. The monoisotopic (exact) mass is 179 g/mol. The molecule has 0 aromatic carbocycles. The van der Waals surface area contributed by atoms with Gasteiger partial charge < -0.3 is 14.8 Å². The van der Waals surface area contributed by atoms with Crippen LogP contribution in [0.25, 0.3) is 0 Å². The Morgan fingerprint density at radius 1 is 1.42 bits per heavy atom. The van der Waals surface area contributed by atoms with Crippen molar-refractivity contribution in [2.45, 2.75) is 6.42 Å². The molecule has 0 aliphatic heterocycles. The van der Waals surface area contributed by atoms with Crippen molar-refractivity contribution in [3.05, 3.63) is 0 Å². The zero-order valence-electron chi connectivity index (χ0n) is 7.14. The third-order valence-electron chi connectivity index (χ3n) is 1.17. The third-order valence-corrected chi connectivity index (χ3v) is 1.17. The van der Waals surface area contributed by atoms with Crippen LogP contribution in [0.15, 0.2) is 0 Å². The van der Waals surface area contributed by atoms with Crippen LogP contribution in [0, 0.1) is 0 Å². The minimum Gasteiger partial charge on any atom is -0.382 e. The van der Waals surface area contributed by atoms with Crippen molar-refractivity contribution in [2.24, 2.45) is 0 Å². The summed E-state index contributed by atoms with van der Waals surface area (Å²) in [7, 11) is 1.57. The summed E-state index contributed by atoms with van der Waals surface area (Å²) in [6.45, 7) is 0.441. The normalized spacial score (nSPS) is 9.83. The Hall–Kier alpha value is -0.680. The summed E-state index contributed by atoms with van der Waals surface area (Å²) in [5.74, 6) is -0.338. The first-order valence-electron chi connectivity index (χ1n) is 3.70. The smallest absolute Gasteiger partial charge is 0.224 e. The summed E-state index contributed by atoms with van der Waals surface area (Å²) in [4.78, 5) is 10.6. The topological polar surface area (TPSA) is 47.6 Å². The second kappa shape index (κ2) is 8.42. The number of carbonyl (C=O) groups excluding carboxylic acids is 1. The number of halogens is 1. The molecule has 0 radical (unpaired) electrons. The average molecular weight is 179 g/mol. The van der Waals surface area contributed by atoms with Crippen molar-refractivity contribution in [2.75, 3.05) is 33.7 Å². The highest BCUT2D eigenvalue weighted by molar-refractivity contribution is 5.75. The van der Waals surface area contributed by atoms with E-state index in [-0.39, 0.29) is 12.3 Å². The number of methoxy groups -OCH3 is 1. The minimum absolute atomic E-state index is 0.188. The summed E-state index contributed by atoms with van der Waals surface area (Å²) in [6.07, 6.45) is 0.188. The fraction of sp³-hybridized carbons (Fsp3) is 0.857. The highest BCUT2D eigenvalue weighted by Crippen LogP contribution is 1.83. The summed E-state index contributed by atoms with van der Waals surface area (Å²) < 4.78 is 21.2. The first kappa shape index (κ1) is 11.3. The van der Waals surface area contributed by atoms with Crippen LogP contribution >= 0.6 is 0 Å². The molecule has 4 nitrogen and oxygen atoms in total. The van der Waals surface area contributed by atoms with Gasteiger partial charge in [0.15, 0.2) is 6.80 Å². The number of alkyl halides is 1. The lowest BCUT2D eigenvalue weighted by Gasteiger charge is -2.02. The molecule has 12 heavy (non-hydrogen) atoms. The predicted octanol–water partition coefficient (Wildman–Crippen LogP) is 0.0827. The zero-order chi connectivity index (χ0) is 9.23. The van der Waals surface area contributed by atoms with E-state index in [0.29, 0.717) is 19.8 Å². The highest BCUT2D eigenvalue weighted by atomic mass is 19.1. The molecule has 0 saturated carbocycles. The van der Waals surface area contributed by atoms with Crippen LogP contribution in [0.5, 0.6) is 0 Å². The zero-order valence-corrected chi connectivity index (χ0v) is 7.14. The number of rotatable bonds is 7. The second-order valence-corrected chi connectivity index (χ2v) is 2.09. The first-order valence-corrected chi connectivity index (χ1v) is 3.70. The minimum atomic E-state index is -0.823. The van der Waals surface area contributed by atoms with Crippen molar-refractivity contribution in [1.29, 1.82) is 0 Å². The molecule has 0 rings (SSSR count). The molecule has 72 valence electrons. The van der Waals surface area contributed by atoms with Gasteiger partial charge in [-0.15, -0.1) is 0 Å². The van der Waals surface area contributed by atoms with Crippen molar-refractivity contribution < 1.29 is 18.7 Å². The average Bonchev–Trinajstić information content (AvgIpc) is 2.05. The molecule has 0 aliphatic rings. The van der Waals surface area contributed by atoms with E-state index in [4.69, 9.17) is 9.47 Å². The van der Waals surface area contributed by atoms with E-state index in [9.17, 15) is 9.18 Å². The lowest BCUT2D eigenvalue weighted by Crippen LogP contribution is -2.23. The largest absolute Gasteiger partial charge is 0.382 e. The maximum atomic E-state index is 11.5. The van der Waals surface area contributed by atoms with Crippen LogP contribution < -0.4 is 5.32 Å². The van der Waals surface area contributed by atoms with Crippen LogP contribution in [0.2, 0.25) is 0 Å². The summed E-state index contributed by atoms with van der Waals surface area (Å²) in [6, 6.07) is 0. The Bertz CT molecular complexity index is 121. The van der Waals surface area contributed by atoms with Gasteiger partial charge in [0.2, 0.25) is 5.91 Å². The molecule has 0 unspecified atom stereocenters. The van der Waals surface area contributed by atoms with Crippen LogP contribution in [-0.2, 0) is 14.3 Å². The SMILES string of the molecule is COCCOCCC(=O)NCF. The number of hydrogen-bond acceptors (Lipinski definition) is 3. The number of ether oxygens (including phenoxy) is 2. The van der Waals surface area contributed by atoms with Crippen molar-refractivity contribution >= 4 is 5.91 Å². The van der Waals surface area contributed by atoms with Gasteiger partial charge in [0.1, 0.15) is 0 Å². The third kappa shape index (κ3) is 7.43. The van der Waals surface area contributed by atoms with Gasteiger partial charge in [0.05, 0.1) is 26.2 Å². The maximum absolute atomic E-state index is 11.5. The molecule has 5 heteroatoms. The van der Waals surface area contributed by atoms with Gasteiger partial charge in [-0.1, -0.05) is 0 Å². The van der Waals surface area contributed by atoms with Crippen molar-refractivity contribution in [1.82, 2.24) is 5.32 Å². The molecule has 0 spiro atoms. The molecule has 0 fully saturated rings. The first-order chi connectivity index (χ1) is 5.81. The second-order valence-electron chi connectivity index (χ2n) is 2.09. The van der Waals surface area contributed by atoms with E-state index in [1.54, 1.807) is 7.11 Å². The lowest BCUT2D eigenvalue weighted by molar-refractivity contribution is -0.122. The standard InChI is InChI=1S/C7H14FNO3/c1-11-4-5-12-3-2-7(10)9-6-8/h2-6H2,1H3,(H,9,10). The molecule has 0 atom stereocenters. The molecular formula is C7H14FNO3. The molecule has 0 saturated heterocycles. The number of amides is 1. The van der Waals surface area contributed by atoms with Crippen LogP contribution in [-0.4, -0.2) is 39.6 Å². The van der Waals surface area contributed by atoms with Crippen molar-refractivity contribution in [3.63, 3.8) is 0 Å². The molecule has 0 aromatic rings. The Labute approximate surface area is 71.0 Å². The predicted molar refractivity (Wildman–Crippen MR) is 41.4 cm³/mol. The van der Waals surface area contributed by atoms with Gasteiger partial charge in [-0.3, -0.25) is 4.79 Å². The molecular weight excluding hydrogens is 165 g/mol. The van der Waals surface area contributed by atoms with Gasteiger partial charge in [0, 0.05) is 7.11 Å². The van der Waals surface area contributed by atoms with Crippen LogP contribution in [0.3, 0.4) is 0 Å².